The largest absolute Gasteiger partial charge is 0.294 e. The van der Waals surface area contributed by atoms with Gasteiger partial charge in [-0.25, -0.2) is 13.1 Å². The fourth-order valence-corrected chi connectivity index (χ4v) is 3.98. The zero-order valence-electron chi connectivity index (χ0n) is 12.2. The van der Waals surface area contributed by atoms with E-state index in [1.807, 2.05) is 4.72 Å². The Morgan fingerprint density at radius 1 is 1.04 bits per heavy atom. The van der Waals surface area contributed by atoms with E-state index >= 15 is 0 Å². The Hall–Kier alpha value is -1.89. The van der Waals surface area contributed by atoms with Crippen molar-refractivity contribution in [3.05, 3.63) is 63.1 Å². The van der Waals surface area contributed by atoms with Crippen molar-refractivity contribution in [2.75, 3.05) is 0 Å². The maximum Gasteiger partial charge on any atom is 0.266 e. The zero-order chi connectivity index (χ0) is 17.5. The number of sulfonamides is 1. The van der Waals surface area contributed by atoms with Gasteiger partial charge in [0.15, 0.2) is 5.78 Å². The molecule has 5 nitrogen and oxygen atoms in total. The number of fused-ring (bicyclic) bond motifs is 1. The summed E-state index contributed by atoms with van der Waals surface area (Å²) in [5, 5.41) is 0.371. The molecule has 1 N–H and O–H groups in total. The van der Waals surface area contributed by atoms with Crippen LogP contribution in [0.4, 0.5) is 0 Å². The molecule has 0 bridgehead atoms. The molecule has 124 valence electrons. The van der Waals surface area contributed by atoms with E-state index < -0.39 is 15.9 Å². The Bertz CT molecular complexity index is 970. The van der Waals surface area contributed by atoms with Gasteiger partial charge in [-0.3, -0.25) is 9.59 Å². The number of nitrogens with one attached hydrogen (secondary N) is 1. The third-order valence-electron chi connectivity index (χ3n) is 3.72. The van der Waals surface area contributed by atoms with Gasteiger partial charge >= 0.3 is 0 Å². The highest BCUT2D eigenvalue weighted by atomic mass is 35.5. The summed E-state index contributed by atoms with van der Waals surface area (Å²) in [5.74, 6) is -0.974. The van der Waals surface area contributed by atoms with Crippen molar-refractivity contribution in [2.45, 2.75) is 17.7 Å². The molecule has 0 unspecified atom stereocenters. The molecule has 2 aromatic rings. The van der Waals surface area contributed by atoms with Gasteiger partial charge in [0.25, 0.3) is 15.9 Å². The quantitative estimate of drug-likeness (QED) is 0.881. The van der Waals surface area contributed by atoms with Crippen LogP contribution in [0.2, 0.25) is 10.0 Å². The van der Waals surface area contributed by atoms with Crippen LogP contribution in [0.5, 0.6) is 0 Å². The Morgan fingerprint density at radius 3 is 2.50 bits per heavy atom. The lowest BCUT2D eigenvalue weighted by Crippen LogP contribution is -2.30. The number of benzene rings is 2. The molecule has 0 saturated heterocycles. The van der Waals surface area contributed by atoms with E-state index in [2.05, 4.69) is 0 Å². The van der Waals surface area contributed by atoms with Gasteiger partial charge in [-0.05, 0) is 42.3 Å². The minimum atomic E-state index is -4.12. The maximum atomic E-state index is 12.4. The van der Waals surface area contributed by atoms with Gasteiger partial charge in [0.2, 0.25) is 0 Å². The van der Waals surface area contributed by atoms with Gasteiger partial charge < -0.3 is 0 Å². The summed E-state index contributed by atoms with van der Waals surface area (Å²) < 4.78 is 26.7. The Kier molecular flexibility index (Phi) is 4.38. The average molecular weight is 384 g/mol. The number of hydrogen-bond donors (Lipinski definition) is 1. The van der Waals surface area contributed by atoms with Crippen molar-refractivity contribution in [3.8, 4) is 0 Å². The first-order chi connectivity index (χ1) is 11.3. The molecule has 0 aromatic heterocycles. The highest BCUT2D eigenvalue weighted by molar-refractivity contribution is 7.90. The summed E-state index contributed by atoms with van der Waals surface area (Å²) >= 11 is 11.7. The normalized spacial score (nSPS) is 13.7. The monoisotopic (exact) mass is 383 g/mol. The van der Waals surface area contributed by atoms with Gasteiger partial charge in [0.05, 0.1) is 15.5 Å². The number of hydrogen-bond acceptors (Lipinski definition) is 4. The molecule has 2 aromatic carbocycles. The van der Waals surface area contributed by atoms with E-state index in [0.717, 1.165) is 5.56 Å². The van der Waals surface area contributed by atoms with Gasteiger partial charge in [-0.2, -0.15) is 0 Å². The molecule has 24 heavy (non-hydrogen) atoms. The van der Waals surface area contributed by atoms with Crippen LogP contribution in [-0.2, 0) is 16.4 Å². The molecule has 0 atom stereocenters. The third-order valence-corrected chi connectivity index (χ3v) is 5.59. The van der Waals surface area contributed by atoms with Gasteiger partial charge in [-0.15, -0.1) is 0 Å². The molecule has 3 rings (SSSR count). The van der Waals surface area contributed by atoms with E-state index in [9.17, 15) is 18.0 Å². The predicted molar refractivity (Wildman–Crippen MR) is 90.2 cm³/mol. The number of carbonyl (C=O) groups excluding carboxylic acids is 2. The lowest BCUT2D eigenvalue weighted by molar-refractivity contribution is 0.0978. The van der Waals surface area contributed by atoms with E-state index in [1.165, 1.54) is 30.3 Å². The smallest absolute Gasteiger partial charge is 0.266 e. The standard InChI is InChI=1S/C16H11Cl2NO4S/c17-10-3-5-12(14(18)7-10)16(21)19-24(22,23)11-4-1-9-2-6-15(20)13(9)8-11/h1,3-5,7-8H,2,6H2,(H,19,21). The molecule has 0 aliphatic heterocycles. The minimum absolute atomic E-state index is 0.0121. The molecule has 8 heteroatoms. The van der Waals surface area contributed by atoms with Crippen LogP contribution in [0.25, 0.3) is 0 Å². The van der Waals surface area contributed by atoms with Crippen LogP contribution in [0.1, 0.15) is 32.7 Å². The van der Waals surface area contributed by atoms with Gasteiger partial charge in [0, 0.05) is 17.0 Å². The molecule has 0 fully saturated rings. The number of halogens is 2. The molecule has 1 aliphatic carbocycles. The van der Waals surface area contributed by atoms with Gasteiger partial charge in [-0.1, -0.05) is 29.3 Å². The fourth-order valence-electron chi connectivity index (χ4n) is 2.49. The summed E-state index contributed by atoms with van der Waals surface area (Å²) in [4.78, 5) is 23.8. The van der Waals surface area contributed by atoms with Crippen molar-refractivity contribution < 1.29 is 18.0 Å². The summed E-state index contributed by atoms with van der Waals surface area (Å²) in [6, 6.07) is 8.37. The number of aryl methyl sites for hydroxylation is 1. The first kappa shape index (κ1) is 17.0. The lowest BCUT2D eigenvalue weighted by Gasteiger charge is -2.09. The second-order valence-electron chi connectivity index (χ2n) is 5.30. The van der Waals surface area contributed by atoms with Gasteiger partial charge in [0.1, 0.15) is 0 Å². The number of carbonyl (C=O) groups is 2. The number of Topliss-reactive ketones (excluding diaryl/α,β-unsaturated/α-hetero) is 1. The summed E-state index contributed by atoms with van der Waals surface area (Å²) in [5.41, 5.74) is 1.18. The molecule has 0 spiro atoms. The van der Waals surface area contributed by atoms with Crippen LogP contribution in [0.15, 0.2) is 41.3 Å². The summed E-state index contributed by atoms with van der Waals surface area (Å²) in [6.45, 7) is 0. The van der Waals surface area contributed by atoms with E-state index in [1.54, 1.807) is 6.07 Å². The Morgan fingerprint density at radius 2 is 1.79 bits per heavy atom. The molecule has 0 radical (unpaired) electrons. The summed E-state index contributed by atoms with van der Waals surface area (Å²) in [7, 11) is -4.12. The second-order valence-corrected chi connectivity index (χ2v) is 7.83. The van der Waals surface area contributed by atoms with Crippen LogP contribution in [0, 0.1) is 0 Å². The summed E-state index contributed by atoms with van der Waals surface area (Å²) in [6.07, 6.45) is 0.965. The number of rotatable bonds is 3. The number of ketones is 1. The molecular weight excluding hydrogens is 373 g/mol. The van der Waals surface area contributed by atoms with E-state index in [0.29, 0.717) is 23.4 Å². The van der Waals surface area contributed by atoms with Crippen molar-refractivity contribution >= 4 is 44.9 Å². The van der Waals surface area contributed by atoms with Crippen molar-refractivity contribution in [3.63, 3.8) is 0 Å². The molecule has 0 saturated carbocycles. The number of amides is 1. The van der Waals surface area contributed by atoms with Crippen LogP contribution in [-0.4, -0.2) is 20.1 Å². The SMILES string of the molecule is O=C(NS(=O)(=O)c1ccc2c(c1)C(=O)CC2)c1ccc(Cl)cc1Cl. The maximum absolute atomic E-state index is 12.4. The molecule has 1 amide bonds. The van der Waals surface area contributed by atoms with Crippen molar-refractivity contribution in [2.24, 2.45) is 0 Å². The van der Waals surface area contributed by atoms with Crippen molar-refractivity contribution in [1.29, 1.82) is 0 Å². The van der Waals surface area contributed by atoms with Crippen LogP contribution in [0.3, 0.4) is 0 Å². The Labute approximate surface area is 148 Å². The first-order valence-electron chi connectivity index (χ1n) is 6.96. The second kappa shape index (κ2) is 6.20. The Balaban J connectivity index is 1.90. The van der Waals surface area contributed by atoms with Crippen molar-refractivity contribution in [1.82, 2.24) is 4.72 Å². The molecule has 1 aliphatic rings. The highest BCUT2D eigenvalue weighted by Crippen LogP contribution is 2.25. The average Bonchev–Trinajstić information content (AvgIpc) is 2.87. The fraction of sp³-hybridized carbons (Fsp3) is 0.125. The van der Waals surface area contributed by atoms with E-state index in [-0.39, 0.29) is 21.3 Å². The van der Waals surface area contributed by atoms with Crippen LogP contribution < -0.4 is 4.72 Å². The molecule has 0 heterocycles. The zero-order valence-corrected chi connectivity index (χ0v) is 14.5. The van der Waals surface area contributed by atoms with E-state index in [4.69, 9.17) is 23.2 Å². The van der Waals surface area contributed by atoms with Crippen LogP contribution >= 0.6 is 23.2 Å². The third kappa shape index (κ3) is 3.17. The first-order valence-corrected chi connectivity index (χ1v) is 9.20. The highest BCUT2D eigenvalue weighted by Gasteiger charge is 2.25. The molecular formula is C16H11Cl2NO4S. The minimum Gasteiger partial charge on any atom is -0.294 e. The predicted octanol–water partition coefficient (Wildman–Crippen LogP) is 3.24. The topological polar surface area (TPSA) is 80.3 Å². The lowest BCUT2D eigenvalue weighted by atomic mass is 10.1.